The van der Waals surface area contributed by atoms with Crippen molar-refractivity contribution in [1.29, 1.82) is 0 Å². The Bertz CT molecular complexity index is 361. The molecule has 68 valence electrons. The smallest absolute Gasteiger partial charge is 0.241 e. The molecule has 0 heterocycles. The van der Waals surface area contributed by atoms with E-state index in [0.717, 1.165) is 10.0 Å². The van der Waals surface area contributed by atoms with Crippen LogP contribution in [-0.2, 0) is 4.79 Å². The van der Waals surface area contributed by atoms with Gasteiger partial charge in [-0.1, -0.05) is 15.9 Å². The van der Waals surface area contributed by atoms with E-state index in [2.05, 4.69) is 15.9 Å². The Balaban J connectivity index is 3.00. The highest BCUT2D eigenvalue weighted by atomic mass is 79.9. The summed E-state index contributed by atoms with van der Waals surface area (Å²) in [6.45, 7) is 0. The molecule has 0 unspecified atom stereocenters. The van der Waals surface area contributed by atoms with E-state index >= 15 is 0 Å². The Morgan fingerprint density at radius 2 is 2.15 bits per heavy atom. The fourth-order valence-corrected chi connectivity index (χ4v) is 1.24. The largest absolute Gasteiger partial charge is 0.398 e. The molecular formula is C9H9BrN2O. The SMILES string of the molecule is NC(=O)C=Cc1cc(Br)ccc1N. The van der Waals surface area contributed by atoms with Gasteiger partial charge in [0.25, 0.3) is 0 Å². The summed E-state index contributed by atoms with van der Waals surface area (Å²) < 4.78 is 0.908. The van der Waals surface area contributed by atoms with Crippen molar-refractivity contribution in [2.45, 2.75) is 0 Å². The van der Waals surface area contributed by atoms with Crippen molar-refractivity contribution in [2.75, 3.05) is 5.73 Å². The first-order chi connectivity index (χ1) is 6.09. The number of hydrogen-bond acceptors (Lipinski definition) is 2. The van der Waals surface area contributed by atoms with Crippen LogP contribution in [0.25, 0.3) is 6.08 Å². The van der Waals surface area contributed by atoms with Gasteiger partial charge in [-0.25, -0.2) is 0 Å². The number of carbonyl (C=O) groups excluding carboxylic acids is 1. The molecule has 0 bridgehead atoms. The lowest BCUT2D eigenvalue weighted by atomic mass is 10.1. The van der Waals surface area contributed by atoms with Crippen molar-refractivity contribution in [1.82, 2.24) is 0 Å². The minimum absolute atomic E-state index is 0.487. The summed E-state index contributed by atoms with van der Waals surface area (Å²) in [6, 6.07) is 5.40. The normalized spacial score (nSPS) is 10.5. The number of amides is 1. The number of rotatable bonds is 2. The third-order valence-electron chi connectivity index (χ3n) is 1.48. The maximum atomic E-state index is 10.5. The number of anilines is 1. The molecule has 1 aromatic carbocycles. The van der Waals surface area contributed by atoms with Gasteiger partial charge in [0.1, 0.15) is 0 Å². The summed E-state index contributed by atoms with van der Waals surface area (Å²) in [5.41, 5.74) is 12.0. The third-order valence-corrected chi connectivity index (χ3v) is 1.97. The van der Waals surface area contributed by atoms with E-state index in [1.54, 1.807) is 12.1 Å². The van der Waals surface area contributed by atoms with E-state index in [9.17, 15) is 4.79 Å². The molecule has 3 nitrogen and oxygen atoms in total. The predicted octanol–water partition coefficient (Wildman–Crippen LogP) is 1.53. The van der Waals surface area contributed by atoms with E-state index in [1.165, 1.54) is 6.08 Å². The third kappa shape index (κ3) is 2.91. The molecule has 0 fully saturated rings. The number of halogens is 1. The fraction of sp³-hybridized carbons (Fsp3) is 0. The van der Waals surface area contributed by atoms with Gasteiger partial charge in [-0.2, -0.15) is 0 Å². The lowest BCUT2D eigenvalue weighted by Crippen LogP contribution is -2.05. The zero-order valence-electron chi connectivity index (χ0n) is 6.83. The lowest BCUT2D eigenvalue weighted by Gasteiger charge is -1.99. The van der Waals surface area contributed by atoms with E-state index in [4.69, 9.17) is 11.5 Å². The summed E-state index contributed by atoms with van der Waals surface area (Å²) in [6.07, 6.45) is 2.86. The minimum Gasteiger partial charge on any atom is -0.398 e. The molecule has 0 aliphatic heterocycles. The van der Waals surface area contributed by atoms with Crippen LogP contribution in [0, 0.1) is 0 Å². The number of carbonyl (C=O) groups is 1. The van der Waals surface area contributed by atoms with Crippen LogP contribution in [0.15, 0.2) is 28.7 Å². The van der Waals surface area contributed by atoms with Crippen molar-refractivity contribution < 1.29 is 4.79 Å². The van der Waals surface area contributed by atoms with E-state index in [0.29, 0.717) is 5.69 Å². The maximum Gasteiger partial charge on any atom is 0.241 e. The zero-order chi connectivity index (χ0) is 9.84. The van der Waals surface area contributed by atoms with E-state index < -0.39 is 5.91 Å². The van der Waals surface area contributed by atoms with Gasteiger partial charge in [-0.3, -0.25) is 4.79 Å². The number of nitrogens with two attached hydrogens (primary N) is 2. The molecule has 0 aromatic heterocycles. The molecule has 1 amide bonds. The van der Waals surface area contributed by atoms with Crippen LogP contribution in [0.1, 0.15) is 5.56 Å². The Hall–Kier alpha value is -1.29. The van der Waals surface area contributed by atoms with Crippen molar-refractivity contribution in [2.24, 2.45) is 5.73 Å². The first kappa shape index (κ1) is 9.80. The number of benzene rings is 1. The molecule has 0 aliphatic rings. The minimum atomic E-state index is -0.487. The first-order valence-corrected chi connectivity index (χ1v) is 4.41. The predicted molar refractivity (Wildman–Crippen MR) is 56.8 cm³/mol. The lowest BCUT2D eigenvalue weighted by molar-refractivity contribution is -0.113. The second-order valence-electron chi connectivity index (χ2n) is 2.51. The van der Waals surface area contributed by atoms with Gasteiger partial charge in [-0.15, -0.1) is 0 Å². The molecule has 0 radical (unpaired) electrons. The van der Waals surface area contributed by atoms with Crippen molar-refractivity contribution >= 4 is 33.6 Å². The van der Waals surface area contributed by atoms with Crippen molar-refractivity contribution in [3.63, 3.8) is 0 Å². The van der Waals surface area contributed by atoms with Crippen molar-refractivity contribution in [3.8, 4) is 0 Å². The highest BCUT2D eigenvalue weighted by Crippen LogP contribution is 2.19. The van der Waals surface area contributed by atoms with Crippen LogP contribution in [0.2, 0.25) is 0 Å². The van der Waals surface area contributed by atoms with Gasteiger partial charge in [0.05, 0.1) is 0 Å². The first-order valence-electron chi connectivity index (χ1n) is 3.62. The number of nitrogen functional groups attached to an aromatic ring is 1. The van der Waals surface area contributed by atoms with Gasteiger partial charge in [0, 0.05) is 16.2 Å². The molecule has 0 aliphatic carbocycles. The fourth-order valence-electron chi connectivity index (χ4n) is 0.862. The number of hydrogen-bond donors (Lipinski definition) is 2. The number of primary amides is 1. The summed E-state index contributed by atoms with van der Waals surface area (Å²) in [5.74, 6) is -0.487. The monoisotopic (exact) mass is 240 g/mol. The Morgan fingerprint density at radius 3 is 2.77 bits per heavy atom. The van der Waals surface area contributed by atoms with Crippen LogP contribution in [0.5, 0.6) is 0 Å². The quantitative estimate of drug-likeness (QED) is 0.608. The average Bonchev–Trinajstić information content (AvgIpc) is 2.06. The van der Waals surface area contributed by atoms with Crippen molar-refractivity contribution in [3.05, 3.63) is 34.3 Å². The van der Waals surface area contributed by atoms with Gasteiger partial charge >= 0.3 is 0 Å². The topological polar surface area (TPSA) is 69.1 Å². The average molecular weight is 241 g/mol. The Labute approximate surface area is 84.5 Å². The highest BCUT2D eigenvalue weighted by Gasteiger charge is 1.95. The van der Waals surface area contributed by atoms with Crippen LogP contribution < -0.4 is 11.5 Å². The van der Waals surface area contributed by atoms with Gasteiger partial charge in [0.15, 0.2) is 0 Å². The Kier molecular flexibility index (Phi) is 3.08. The van der Waals surface area contributed by atoms with Gasteiger partial charge < -0.3 is 11.5 Å². The van der Waals surface area contributed by atoms with Gasteiger partial charge in [0.2, 0.25) is 5.91 Å². The molecular weight excluding hydrogens is 232 g/mol. The molecule has 0 atom stereocenters. The van der Waals surface area contributed by atoms with E-state index in [-0.39, 0.29) is 0 Å². The molecule has 4 heteroatoms. The standard InChI is InChI=1S/C9H9BrN2O/c10-7-2-3-8(11)6(5-7)1-4-9(12)13/h1-5H,11H2,(H2,12,13). The zero-order valence-corrected chi connectivity index (χ0v) is 8.41. The molecule has 0 saturated heterocycles. The van der Waals surface area contributed by atoms with E-state index in [1.807, 2.05) is 12.1 Å². The van der Waals surface area contributed by atoms with Crippen LogP contribution in [-0.4, -0.2) is 5.91 Å². The second kappa shape index (κ2) is 4.09. The summed E-state index contributed by atoms with van der Waals surface area (Å²) in [7, 11) is 0. The molecule has 1 aromatic rings. The van der Waals surface area contributed by atoms with Gasteiger partial charge in [-0.05, 0) is 29.8 Å². The summed E-state index contributed by atoms with van der Waals surface area (Å²) >= 11 is 3.30. The summed E-state index contributed by atoms with van der Waals surface area (Å²) in [5, 5.41) is 0. The highest BCUT2D eigenvalue weighted by molar-refractivity contribution is 9.10. The maximum absolute atomic E-state index is 10.5. The molecule has 1 rings (SSSR count). The molecule has 4 N–H and O–H groups in total. The molecule has 13 heavy (non-hydrogen) atoms. The van der Waals surface area contributed by atoms with Crippen LogP contribution >= 0.6 is 15.9 Å². The van der Waals surface area contributed by atoms with Crippen LogP contribution in [0.3, 0.4) is 0 Å². The Morgan fingerprint density at radius 1 is 1.46 bits per heavy atom. The molecule has 0 spiro atoms. The summed E-state index contributed by atoms with van der Waals surface area (Å²) in [4.78, 5) is 10.5. The van der Waals surface area contributed by atoms with Crippen LogP contribution in [0.4, 0.5) is 5.69 Å². The second-order valence-corrected chi connectivity index (χ2v) is 3.42. The molecule has 0 saturated carbocycles.